The summed E-state index contributed by atoms with van der Waals surface area (Å²) in [6.45, 7) is 8.36. The number of nitrogens with one attached hydrogen (secondary N) is 1. The van der Waals surface area contributed by atoms with Gasteiger partial charge in [0.05, 0.1) is 0 Å². The topological polar surface area (TPSA) is 36.9 Å². The van der Waals surface area contributed by atoms with Gasteiger partial charge in [0.25, 0.3) is 0 Å². The van der Waals surface area contributed by atoms with Crippen LogP contribution in [0.5, 0.6) is 0 Å². The van der Waals surface area contributed by atoms with E-state index in [0.29, 0.717) is 0 Å². The number of guanidine groups is 1. The highest BCUT2D eigenvalue weighted by Gasteiger charge is 2.18. The SMILES string of the molecule is CN=C(NCC(C)(C)SC)N(C)CCC1CCOCC1.I. The highest BCUT2D eigenvalue weighted by Crippen LogP contribution is 2.20. The van der Waals surface area contributed by atoms with Gasteiger partial charge >= 0.3 is 0 Å². The summed E-state index contributed by atoms with van der Waals surface area (Å²) in [5, 5.41) is 3.48. The summed E-state index contributed by atoms with van der Waals surface area (Å²) in [5.41, 5.74) is 0. The van der Waals surface area contributed by atoms with Crippen molar-refractivity contribution in [3.05, 3.63) is 0 Å². The van der Waals surface area contributed by atoms with Gasteiger partial charge in [-0.3, -0.25) is 4.99 Å². The highest BCUT2D eigenvalue weighted by molar-refractivity contribution is 14.0. The number of hydrogen-bond donors (Lipinski definition) is 1. The molecule has 6 heteroatoms. The van der Waals surface area contributed by atoms with Crippen LogP contribution in [-0.2, 0) is 4.74 Å². The summed E-state index contributed by atoms with van der Waals surface area (Å²) in [5.74, 6) is 1.81. The molecule has 126 valence electrons. The van der Waals surface area contributed by atoms with Crippen molar-refractivity contribution in [2.24, 2.45) is 10.9 Å². The number of hydrogen-bond acceptors (Lipinski definition) is 3. The van der Waals surface area contributed by atoms with Gasteiger partial charge in [-0.15, -0.1) is 24.0 Å². The second kappa shape index (κ2) is 10.9. The predicted molar refractivity (Wildman–Crippen MR) is 105 cm³/mol. The first kappa shape index (κ1) is 21.3. The van der Waals surface area contributed by atoms with Gasteiger partial charge in [0, 0.05) is 45.1 Å². The molecular formula is C15H32IN3OS. The zero-order valence-corrected chi connectivity index (χ0v) is 17.3. The third-order valence-corrected chi connectivity index (χ3v) is 5.26. The van der Waals surface area contributed by atoms with Gasteiger partial charge in [0.2, 0.25) is 0 Å². The van der Waals surface area contributed by atoms with Crippen LogP contribution in [0.3, 0.4) is 0 Å². The fourth-order valence-corrected chi connectivity index (χ4v) is 2.48. The van der Waals surface area contributed by atoms with E-state index in [1.54, 1.807) is 0 Å². The standard InChI is InChI=1S/C15H31N3OS.HI/c1-15(2,20-5)12-17-14(16-3)18(4)9-6-13-7-10-19-11-8-13;/h13H,6-12H2,1-5H3,(H,16,17);1H. The van der Waals surface area contributed by atoms with Crippen molar-refractivity contribution in [3.8, 4) is 0 Å². The number of aliphatic imine (C=N–C) groups is 1. The van der Waals surface area contributed by atoms with Crippen molar-refractivity contribution in [1.29, 1.82) is 0 Å². The maximum Gasteiger partial charge on any atom is 0.193 e. The first-order chi connectivity index (χ1) is 9.48. The van der Waals surface area contributed by atoms with Crippen molar-refractivity contribution in [2.75, 3.05) is 46.7 Å². The van der Waals surface area contributed by atoms with Gasteiger partial charge in [-0.2, -0.15) is 11.8 Å². The summed E-state index contributed by atoms with van der Waals surface area (Å²) >= 11 is 1.88. The number of halogens is 1. The Labute approximate surface area is 151 Å². The zero-order chi connectivity index (χ0) is 15.0. The van der Waals surface area contributed by atoms with E-state index in [2.05, 4.69) is 42.4 Å². The molecule has 1 aliphatic rings. The van der Waals surface area contributed by atoms with Crippen LogP contribution in [0.4, 0.5) is 0 Å². The fraction of sp³-hybridized carbons (Fsp3) is 0.933. The summed E-state index contributed by atoms with van der Waals surface area (Å²) in [4.78, 5) is 6.63. The van der Waals surface area contributed by atoms with Gasteiger partial charge in [0.15, 0.2) is 5.96 Å². The average Bonchev–Trinajstić information content (AvgIpc) is 2.46. The molecule has 21 heavy (non-hydrogen) atoms. The van der Waals surface area contributed by atoms with E-state index in [1.165, 1.54) is 19.3 Å². The molecule has 0 unspecified atom stereocenters. The molecule has 1 saturated heterocycles. The Balaban J connectivity index is 0.00000400. The highest BCUT2D eigenvalue weighted by atomic mass is 127. The van der Waals surface area contributed by atoms with Crippen molar-refractivity contribution >= 4 is 41.7 Å². The Morgan fingerprint density at radius 1 is 1.38 bits per heavy atom. The normalized spacial score (nSPS) is 17.3. The van der Waals surface area contributed by atoms with Crippen molar-refractivity contribution in [2.45, 2.75) is 37.9 Å². The van der Waals surface area contributed by atoms with Crippen LogP contribution in [0.2, 0.25) is 0 Å². The molecule has 0 bridgehead atoms. The van der Waals surface area contributed by atoms with E-state index in [9.17, 15) is 0 Å². The van der Waals surface area contributed by atoms with Crippen LogP contribution in [0.1, 0.15) is 33.1 Å². The Bertz CT molecular complexity index is 307. The molecule has 1 N–H and O–H groups in total. The zero-order valence-electron chi connectivity index (χ0n) is 14.1. The van der Waals surface area contributed by atoms with Crippen LogP contribution in [0.15, 0.2) is 4.99 Å². The predicted octanol–water partition coefficient (Wildman–Crippen LogP) is 3.07. The summed E-state index contributed by atoms with van der Waals surface area (Å²) < 4.78 is 5.65. The molecule has 4 nitrogen and oxygen atoms in total. The molecule has 1 heterocycles. The first-order valence-electron chi connectivity index (χ1n) is 7.53. The smallest absolute Gasteiger partial charge is 0.193 e. The third kappa shape index (κ3) is 8.50. The maximum atomic E-state index is 5.41. The second-order valence-corrected chi connectivity index (χ2v) is 7.64. The van der Waals surface area contributed by atoms with E-state index in [1.807, 2.05) is 18.8 Å². The van der Waals surface area contributed by atoms with Gasteiger partial charge in [-0.05, 0) is 45.3 Å². The van der Waals surface area contributed by atoms with Crippen LogP contribution >= 0.6 is 35.7 Å². The van der Waals surface area contributed by atoms with Crippen molar-refractivity contribution in [3.63, 3.8) is 0 Å². The lowest BCUT2D eigenvalue weighted by Crippen LogP contribution is -2.44. The van der Waals surface area contributed by atoms with E-state index in [-0.39, 0.29) is 28.7 Å². The second-order valence-electron chi connectivity index (χ2n) is 6.13. The van der Waals surface area contributed by atoms with Gasteiger partial charge in [-0.1, -0.05) is 0 Å². The van der Waals surface area contributed by atoms with Crippen LogP contribution in [0, 0.1) is 5.92 Å². The van der Waals surface area contributed by atoms with E-state index >= 15 is 0 Å². The molecule has 1 fully saturated rings. The van der Waals surface area contributed by atoms with Crippen LogP contribution in [-0.4, -0.2) is 62.3 Å². The molecule has 0 atom stereocenters. The molecule has 0 aromatic rings. The molecule has 0 aromatic heterocycles. The van der Waals surface area contributed by atoms with E-state index < -0.39 is 0 Å². The minimum absolute atomic E-state index is 0. The number of ether oxygens (including phenoxy) is 1. The maximum absolute atomic E-state index is 5.41. The van der Waals surface area contributed by atoms with Crippen molar-refractivity contribution < 1.29 is 4.74 Å². The number of thioether (sulfide) groups is 1. The minimum atomic E-state index is 0. The van der Waals surface area contributed by atoms with E-state index in [4.69, 9.17) is 4.74 Å². The molecule has 0 amide bonds. The quantitative estimate of drug-likeness (QED) is 0.400. The average molecular weight is 429 g/mol. The summed E-state index contributed by atoms with van der Waals surface area (Å²) in [6.07, 6.45) is 5.80. The molecule has 0 aromatic carbocycles. The summed E-state index contributed by atoms with van der Waals surface area (Å²) in [7, 11) is 3.99. The molecule has 0 saturated carbocycles. The Kier molecular flexibility index (Phi) is 11.1. The lowest BCUT2D eigenvalue weighted by molar-refractivity contribution is 0.0625. The van der Waals surface area contributed by atoms with E-state index in [0.717, 1.165) is 38.2 Å². The Morgan fingerprint density at radius 3 is 2.52 bits per heavy atom. The third-order valence-electron chi connectivity index (χ3n) is 4.01. The first-order valence-corrected chi connectivity index (χ1v) is 8.75. The van der Waals surface area contributed by atoms with Gasteiger partial charge < -0.3 is 15.0 Å². The molecule has 1 aliphatic heterocycles. The monoisotopic (exact) mass is 429 g/mol. The Hall–Kier alpha value is 0.310. The minimum Gasteiger partial charge on any atom is -0.381 e. The molecular weight excluding hydrogens is 397 g/mol. The largest absolute Gasteiger partial charge is 0.381 e. The molecule has 0 spiro atoms. The lowest BCUT2D eigenvalue weighted by Gasteiger charge is -2.29. The van der Waals surface area contributed by atoms with Crippen molar-refractivity contribution in [1.82, 2.24) is 10.2 Å². The van der Waals surface area contributed by atoms with Gasteiger partial charge in [0.1, 0.15) is 0 Å². The summed E-state index contributed by atoms with van der Waals surface area (Å²) in [6, 6.07) is 0. The van der Waals surface area contributed by atoms with Gasteiger partial charge in [-0.25, -0.2) is 0 Å². The van der Waals surface area contributed by atoms with Crippen LogP contribution < -0.4 is 5.32 Å². The fourth-order valence-electron chi connectivity index (χ4n) is 2.27. The molecule has 0 radical (unpaired) electrons. The Morgan fingerprint density at radius 2 is 2.00 bits per heavy atom. The molecule has 0 aliphatic carbocycles. The number of rotatable bonds is 6. The lowest BCUT2D eigenvalue weighted by atomic mass is 9.96. The molecule has 1 rings (SSSR count). The number of nitrogens with zero attached hydrogens (tertiary/aromatic N) is 2. The van der Waals surface area contributed by atoms with Crippen LogP contribution in [0.25, 0.3) is 0 Å².